The number of aryl methyl sites for hydroxylation is 2. The molecule has 1 atom stereocenters. The predicted molar refractivity (Wildman–Crippen MR) is 111 cm³/mol. The minimum atomic E-state index is -0.490. The van der Waals surface area contributed by atoms with Gasteiger partial charge in [-0.25, -0.2) is 4.39 Å². The van der Waals surface area contributed by atoms with Crippen molar-refractivity contribution in [2.75, 3.05) is 0 Å². The zero-order valence-electron chi connectivity index (χ0n) is 16.8. The molecule has 2 aromatic carbocycles. The monoisotopic (exact) mass is 393 g/mol. The summed E-state index contributed by atoms with van der Waals surface area (Å²) in [6.45, 7) is 5.43. The number of para-hydroxylation sites is 1. The van der Waals surface area contributed by atoms with Crippen molar-refractivity contribution in [2.24, 2.45) is 0 Å². The van der Waals surface area contributed by atoms with Crippen LogP contribution >= 0.6 is 0 Å². The van der Waals surface area contributed by atoms with Gasteiger partial charge in [0.25, 0.3) is 5.56 Å². The lowest BCUT2D eigenvalue weighted by atomic mass is 9.99. The molecule has 0 amide bonds. The van der Waals surface area contributed by atoms with E-state index in [4.69, 9.17) is 4.74 Å². The summed E-state index contributed by atoms with van der Waals surface area (Å²) in [7, 11) is 0. The number of rotatable bonds is 7. The number of halogens is 1. The molecule has 0 radical (unpaired) electrons. The average Bonchev–Trinajstić information content (AvgIpc) is 2.67. The Hall–Kier alpha value is -3.21. The van der Waals surface area contributed by atoms with Crippen molar-refractivity contribution >= 4 is 5.78 Å². The number of benzene rings is 2. The Morgan fingerprint density at radius 1 is 1.10 bits per heavy atom. The number of carbonyl (C=O) groups excluding carboxylic acids is 1. The molecule has 0 fully saturated rings. The van der Waals surface area contributed by atoms with E-state index in [-0.39, 0.29) is 17.8 Å². The largest absolute Gasteiger partial charge is 0.486 e. The quantitative estimate of drug-likeness (QED) is 0.569. The van der Waals surface area contributed by atoms with Gasteiger partial charge in [-0.1, -0.05) is 30.3 Å². The summed E-state index contributed by atoms with van der Waals surface area (Å²) in [4.78, 5) is 27.4. The van der Waals surface area contributed by atoms with E-state index in [1.807, 2.05) is 38.1 Å². The molecule has 5 heteroatoms. The third-order valence-electron chi connectivity index (χ3n) is 4.91. The van der Waals surface area contributed by atoms with E-state index < -0.39 is 11.9 Å². The first kappa shape index (κ1) is 20.5. The molecule has 150 valence electrons. The Labute approximate surface area is 169 Å². The second-order valence-electron chi connectivity index (χ2n) is 7.18. The molecular weight excluding hydrogens is 369 g/mol. The average molecular weight is 393 g/mol. The van der Waals surface area contributed by atoms with Crippen LogP contribution in [0.25, 0.3) is 0 Å². The van der Waals surface area contributed by atoms with Gasteiger partial charge in [-0.2, -0.15) is 0 Å². The van der Waals surface area contributed by atoms with Gasteiger partial charge in [0.05, 0.1) is 0 Å². The minimum Gasteiger partial charge on any atom is -0.486 e. The molecule has 0 aliphatic heterocycles. The Morgan fingerprint density at radius 3 is 2.48 bits per heavy atom. The zero-order valence-corrected chi connectivity index (χ0v) is 16.8. The molecule has 0 spiro atoms. The number of ketones is 1. The van der Waals surface area contributed by atoms with Crippen molar-refractivity contribution < 1.29 is 13.9 Å². The highest BCUT2D eigenvalue weighted by atomic mass is 19.1. The fourth-order valence-corrected chi connectivity index (χ4v) is 3.37. The van der Waals surface area contributed by atoms with Gasteiger partial charge in [-0.15, -0.1) is 0 Å². The molecule has 0 saturated carbocycles. The van der Waals surface area contributed by atoms with Crippen LogP contribution in [0.4, 0.5) is 4.39 Å². The molecule has 1 unspecified atom stereocenters. The van der Waals surface area contributed by atoms with E-state index >= 15 is 0 Å². The molecule has 29 heavy (non-hydrogen) atoms. The SMILES string of the molecule is Cc1cc(C)c(CCC(=O)c2ccc(C(C)Oc3ccccc3)c(F)c2)c(=O)[nH]1. The number of carbonyl (C=O) groups is 1. The van der Waals surface area contributed by atoms with Crippen LogP contribution in [-0.2, 0) is 6.42 Å². The highest BCUT2D eigenvalue weighted by Crippen LogP contribution is 2.24. The molecule has 1 heterocycles. The maximum absolute atomic E-state index is 14.6. The molecule has 0 aliphatic rings. The Balaban J connectivity index is 1.69. The third kappa shape index (κ3) is 4.99. The molecule has 1 N–H and O–H groups in total. The van der Waals surface area contributed by atoms with Crippen molar-refractivity contribution in [3.05, 3.63) is 98.7 Å². The van der Waals surface area contributed by atoms with Gasteiger partial charge in [-0.05, 0) is 57.0 Å². The first-order chi connectivity index (χ1) is 13.8. The first-order valence-corrected chi connectivity index (χ1v) is 9.59. The summed E-state index contributed by atoms with van der Waals surface area (Å²) in [5.41, 5.74) is 2.73. The second kappa shape index (κ2) is 8.86. The van der Waals surface area contributed by atoms with Crippen LogP contribution in [0.3, 0.4) is 0 Å². The summed E-state index contributed by atoms with van der Waals surface area (Å²) in [6.07, 6.45) is -0.0331. The molecule has 3 aromatic rings. The van der Waals surface area contributed by atoms with E-state index in [2.05, 4.69) is 4.98 Å². The van der Waals surface area contributed by atoms with Crippen molar-refractivity contribution in [3.8, 4) is 5.75 Å². The van der Waals surface area contributed by atoms with Gasteiger partial charge < -0.3 is 9.72 Å². The number of aromatic nitrogens is 1. The number of Topliss-reactive ketones (excluding diaryl/α,β-unsaturated/α-hetero) is 1. The summed E-state index contributed by atoms with van der Waals surface area (Å²) < 4.78 is 20.4. The number of hydrogen-bond donors (Lipinski definition) is 1. The van der Waals surface area contributed by atoms with E-state index in [0.29, 0.717) is 28.9 Å². The smallest absolute Gasteiger partial charge is 0.251 e. The number of H-pyrrole nitrogens is 1. The fourth-order valence-electron chi connectivity index (χ4n) is 3.37. The molecule has 0 saturated heterocycles. The molecule has 1 aromatic heterocycles. The van der Waals surface area contributed by atoms with Gasteiger partial charge in [-0.3, -0.25) is 9.59 Å². The third-order valence-corrected chi connectivity index (χ3v) is 4.91. The van der Waals surface area contributed by atoms with E-state index in [0.717, 1.165) is 11.3 Å². The van der Waals surface area contributed by atoms with Gasteiger partial charge >= 0.3 is 0 Å². The Kier molecular flexibility index (Phi) is 6.27. The molecule has 4 nitrogen and oxygen atoms in total. The standard InChI is InChI=1S/C24H24FNO3/c1-15-13-16(2)26-24(28)20(15)11-12-23(27)18-9-10-21(22(25)14-18)17(3)29-19-7-5-4-6-8-19/h4-10,13-14,17H,11-12H2,1-3H3,(H,26,28). The van der Waals surface area contributed by atoms with E-state index in [1.54, 1.807) is 31.2 Å². The fraction of sp³-hybridized carbons (Fsp3) is 0.250. The Bertz CT molecular complexity index is 1070. The van der Waals surface area contributed by atoms with Crippen LogP contribution in [0.15, 0.2) is 59.4 Å². The molecule has 0 bridgehead atoms. The topological polar surface area (TPSA) is 59.2 Å². The Morgan fingerprint density at radius 2 is 1.83 bits per heavy atom. The van der Waals surface area contributed by atoms with Crippen LogP contribution in [0.1, 0.15) is 52.2 Å². The second-order valence-corrected chi connectivity index (χ2v) is 7.18. The maximum Gasteiger partial charge on any atom is 0.251 e. The van der Waals surface area contributed by atoms with Gasteiger partial charge in [0.15, 0.2) is 5.78 Å². The summed E-state index contributed by atoms with van der Waals surface area (Å²) >= 11 is 0. The zero-order chi connectivity index (χ0) is 21.0. The number of ether oxygens (including phenoxy) is 1. The van der Waals surface area contributed by atoms with Crippen molar-refractivity contribution in [1.29, 1.82) is 0 Å². The first-order valence-electron chi connectivity index (χ1n) is 9.59. The van der Waals surface area contributed by atoms with Crippen LogP contribution in [0, 0.1) is 19.7 Å². The van der Waals surface area contributed by atoms with Gasteiger partial charge in [0.1, 0.15) is 17.7 Å². The van der Waals surface area contributed by atoms with Crippen LogP contribution in [0.5, 0.6) is 5.75 Å². The predicted octanol–water partition coefficient (Wildman–Crippen LogP) is 5.09. The molecule has 0 aliphatic carbocycles. The van der Waals surface area contributed by atoms with E-state index in [9.17, 15) is 14.0 Å². The maximum atomic E-state index is 14.6. The summed E-state index contributed by atoms with van der Waals surface area (Å²) in [5, 5.41) is 0. The molecular formula is C24H24FNO3. The normalized spacial score (nSPS) is 11.9. The lowest BCUT2D eigenvalue weighted by molar-refractivity contribution is 0.0982. The van der Waals surface area contributed by atoms with Crippen LogP contribution in [0.2, 0.25) is 0 Å². The number of aromatic amines is 1. The van der Waals surface area contributed by atoms with Crippen LogP contribution in [-0.4, -0.2) is 10.8 Å². The summed E-state index contributed by atoms with van der Waals surface area (Å²) in [6, 6.07) is 15.5. The number of nitrogens with one attached hydrogen (secondary N) is 1. The van der Waals surface area contributed by atoms with Gasteiger partial charge in [0, 0.05) is 28.8 Å². The highest BCUT2D eigenvalue weighted by Gasteiger charge is 2.16. The highest BCUT2D eigenvalue weighted by molar-refractivity contribution is 5.96. The van der Waals surface area contributed by atoms with Crippen LogP contribution < -0.4 is 10.3 Å². The number of pyridine rings is 1. The van der Waals surface area contributed by atoms with Crippen molar-refractivity contribution in [3.63, 3.8) is 0 Å². The lowest BCUT2D eigenvalue weighted by Crippen LogP contribution is -2.17. The summed E-state index contributed by atoms with van der Waals surface area (Å²) in [5.74, 6) is -0.0339. The van der Waals surface area contributed by atoms with E-state index in [1.165, 1.54) is 6.07 Å². The minimum absolute atomic E-state index is 0.141. The number of hydrogen-bond acceptors (Lipinski definition) is 3. The molecule has 3 rings (SSSR count). The van der Waals surface area contributed by atoms with Crippen molar-refractivity contribution in [2.45, 2.75) is 39.7 Å². The van der Waals surface area contributed by atoms with Gasteiger partial charge in [0.2, 0.25) is 0 Å². The lowest BCUT2D eigenvalue weighted by Gasteiger charge is -2.16. The van der Waals surface area contributed by atoms with Crippen molar-refractivity contribution in [1.82, 2.24) is 4.98 Å².